The summed E-state index contributed by atoms with van der Waals surface area (Å²) < 4.78 is 0. The fraction of sp³-hybridized carbons (Fsp3) is 1.00. The Morgan fingerprint density at radius 1 is 1.16 bits per heavy atom. The van der Waals surface area contributed by atoms with Gasteiger partial charge in [-0.3, -0.25) is 9.80 Å². The lowest BCUT2D eigenvalue weighted by atomic mass is 9.68. The molecule has 3 unspecified atom stereocenters. The van der Waals surface area contributed by atoms with E-state index < -0.39 is 0 Å². The van der Waals surface area contributed by atoms with Crippen molar-refractivity contribution in [2.24, 2.45) is 17.6 Å². The van der Waals surface area contributed by atoms with Crippen molar-refractivity contribution in [3.05, 3.63) is 0 Å². The fourth-order valence-electron chi connectivity index (χ4n) is 4.27. The number of rotatable bonds is 3. The van der Waals surface area contributed by atoms with Crippen LogP contribution in [0.25, 0.3) is 0 Å². The van der Waals surface area contributed by atoms with Gasteiger partial charge in [-0.1, -0.05) is 13.8 Å². The summed E-state index contributed by atoms with van der Waals surface area (Å²) in [6.07, 6.45) is 4.00. The maximum absolute atomic E-state index is 6.24. The Hall–Kier alpha value is -0.120. The van der Waals surface area contributed by atoms with Crippen molar-refractivity contribution in [1.82, 2.24) is 9.80 Å². The second-order valence-electron chi connectivity index (χ2n) is 7.21. The molecule has 0 bridgehead atoms. The highest BCUT2D eigenvalue weighted by atomic mass is 15.3. The van der Waals surface area contributed by atoms with Gasteiger partial charge in [0.25, 0.3) is 0 Å². The van der Waals surface area contributed by atoms with Gasteiger partial charge in [-0.15, -0.1) is 0 Å². The minimum Gasteiger partial charge on any atom is -0.329 e. The normalized spacial score (nSPS) is 38.8. The van der Waals surface area contributed by atoms with Gasteiger partial charge in [0.05, 0.1) is 0 Å². The van der Waals surface area contributed by atoms with E-state index in [0.29, 0.717) is 6.04 Å². The first-order chi connectivity index (χ1) is 8.99. The van der Waals surface area contributed by atoms with Crippen LogP contribution >= 0.6 is 0 Å². The van der Waals surface area contributed by atoms with Gasteiger partial charge in [0.15, 0.2) is 0 Å². The molecule has 1 aliphatic heterocycles. The second-order valence-corrected chi connectivity index (χ2v) is 7.21. The molecular formula is C16H33N3. The minimum absolute atomic E-state index is 0.287. The monoisotopic (exact) mass is 267 g/mol. The Bertz CT molecular complexity index is 284. The first-order valence-corrected chi connectivity index (χ1v) is 8.18. The molecule has 0 spiro atoms. The van der Waals surface area contributed by atoms with Crippen molar-refractivity contribution in [2.45, 2.75) is 58.5 Å². The first kappa shape index (κ1) is 15.3. The van der Waals surface area contributed by atoms with Crippen molar-refractivity contribution < 1.29 is 0 Å². The van der Waals surface area contributed by atoms with Crippen molar-refractivity contribution in [3.63, 3.8) is 0 Å². The second kappa shape index (κ2) is 6.11. The smallest absolute Gasteiger partial charge is 0.0358 e. The molecule has 0 radical (unpaired) electrons. The fourth-order valence-corrected chi connectivity index (χ4v) is 4.27. The standard InChI is InChI=1S/C16H33N3/c1-13(2)18-7-9-19(10-8-18)16(12-17)6-5-14(3)11-15(16)4/h13-15H,5-12,17H2,1-4H3. The molecule has 1 aliphatic carbocycles. The largest absolute Gasteiger partial charge is 0.329 e. The lowest BCUT2D eigenvalue weighted by Crippen LogP contribution is -2.64. The zero-order valence-corrected chi connectivity index (χ0v) is 13.4. The van der Waals surface area contributed by atoms with E-state index in [4.69, 9.17) is 5.73 Å². The summed E-state index contributed by atoms with van der Waals surface area (Å²) in [6, 6.07) is 0.680. The molecule has 3 heteroatoms. The topological polar surface area (TPSA) is 32.5 Å². The molecule has 0 aromatic heterocycles. The Labute approximate surface area is 119 Å². The maximum atomic E-state index is 6.24. The van der Waals surface area contributed by atoms with E-state index in [1.807, 2.05) is 0 Å². The zero-order chi connectivity index (χ0) is 14.0. The van der Waals surface area contributed by atoms with Crippen LogP contribution in [0.3, 0.4) is 0 Å². The van der Waals surface area contributed by atoms with Gasteiger partial charge < -0.3 is 5.73 Å². The molecule has 2 fully saturated rings. The van der Waals surface area contributed by atoms with Crippen LogP contribution in [0.5, 0.6) is 0 Å². The van der Waals surface area contributed by atoms with Crippen LogP contribution in [0.2, 0.25) is 0 Å². The van der Waals surface area contributed by atoms with E-state index in [-0.39, 0.29) is 5.54 Å². The first-order valence-electron chi connectivity index (χ1n) is 8.18. The molecule has 0 aromatic carbocycles. The third kappa shape index (κ3) is 2.98. The number of hydrogen-bond donors (Lipinski definition) is 1. The molecule has 3 atom stereocenters. The summed E-state index contributed by atoms with van der Waals surface area (Å²) in [4.78, 5) is 5.32. The maximum Gasteiger partial charge on any atom is 0.0358 e. The van der Waals surface area contributed by atoms with Gasteiger partial charge in [0, 0.05) is 44.3 Å². The highest BCUT2D eigenvalue weighted by Gasteiger charge is 2.44. The molecule has 19 heavy (non-hydrogen) atoms. The van der Waals surface area contributed by atoms with Crippen LogP contribution in [0, 0.1) is 11.8 Å². The Morgan fingerprint density at radius 3 is 2.26 bits per heavy atom. The summed E-state index contributed by atoms with van der Waals surface area (Å²) in [5.41, 5.74) is 6.53. The number of nitrogens with two attached hydrogens (primary N) is 1. The van der Waals surface area contributed by atoms with Crippen LogP contribution in [-0.2, 0) is 0 Å². The minimum atomic E-state index is 0.287. The Kier molecular flexibility index (Phi) is 4.91. The summed E-state index contributed by atoms with van der Waals surface area (Å²) in [6.45, 7) is 15.1. The predicted molar refractivity (Wildman–Crippen MR) is 82.2 cm³/mol. The van der Waals surface area contributed by atoms with E-state index in [1.165, 1.54) is 45.4 Å². The van der Waals surface area contributed by atoms with Gasteiger partial charge in [-0.25, -0.2) is 0 Å². The molecule has 2 aliphatic rings. The third-order valence-electron chi connectivity index (χ3n) is 5.77. The van der Waals surface area contributed by atoms with Crippen molar-refractivity contribution in [1.29, 1.82) is 0 Å². The predicted octanol–water partition coefficient (Wildman–Crippen LogP) is 2.17. The average Bonchev–Trinajstić information content (AvgIpc) is 2.40. The van der Waals surface area contributed by atoms with Crippen LogP contribution in [0.1, 0.15) is 47.0 Å². The van der Waals surface area contributed by atoms with E-state index >= 15 is 0 Å². The average molecular weight is 267 g/mol. The van der Waals surface area contributed by atoms with Gasteiger partial charge >= 0.3 is 0 Å². The molecule has 2 rings (SSSR count). The van der Waals surface area contributed by atoms with E-state index in [2.05, 4.69) is 37.5 Å². The van der Waals surface area contributed by atoms with Gasteiger partial charge in [-0.2, -0.15) is 0 Å². The lowest BCUT2D eigenvalue weighted by Gasteiger charge is -2.54. The summed E-state index contributed by atoms with van der Waals surface area (Å²) in [5.74, 6) is 1.62. The Morgan fingerprint density at radius 2 is 1.79 bits per heavy atom. The molecule has 1 heterocycles. The molecule has 1 saturated heterocycles. The van der Waals surface area contributed by atoms with E-state index in [0.717, 1.165) is 18.4 Å². The summed E-state index contributed by atoms with van der Waals surface area (Å²) in [5, 5.41) is 0. The molecule has 112 valence electrons. The van der Waals surface area contributed by atoms with Crippen molar-refractivity contribution >= 4 is 0 Å². The highest BCUT2D eigenvalue weighted by molar-refractivity contribution is 5.01. The van der Waals surface area contributed by atoms with Crippen LogP contribution < -0.4 is 5.73 Å². The molecule has 0 aromatic rings. The molecule has 1 saturated carbocycles. The van der Waals surface area contributed by atoms with Crippen LogP contribution in [0.4, 0.5) is 0 Å². The SMILES string of the molecule is CC1CCC(CN)(N2CCN(C(C)C)CC2)C(C)C1. The van der Waals surface area contributed by atoms with Crippen molar-refractivity contribution in [3.8, 4) is 0 Å². The molecule has 3 nitrogen and oxygen atoms in total. The van der Waals surface area contributed by atoms with Gasteiger partial charge in [0.1, 0.15) is 0 Å². The van der Waals surface area contributed by atoms with Crippen molar-refractivity contribution in [2.75, 3.05) is 32.7 Å². The Balaban J connectivity index is 2.02. The summed E-state index contributed by atoms with van der Waals surface area (Å²) in [7, 11) is 0. The summed E-state index contributed by atoms with van der Waals surface area (Å²) >= 11 is 0. The van der Waals surface area contributed by atoms with E-state index in [9.17, 15) is 0 Å². The molecule has 0 amide bonds. The zero-order valence-electron chi connectivity index (χ0n) is 13.4. The van der Waals surface area contributed by atoms with Crippen LogP contribution in [-0.4, -0.2) is 54.1 Å². The van der Waals surface area contributed by atoms with Gasteiger partial charge in [-0.05, 0) is 44.9 Å². The highest BCUT2D eigenvalue weighted by Crippen LogP contribution is 2.40. The number of hydrogen-bond acceptors (Lipinski definition) is 3. The lowest BCUT2D eigenvalue weighted by molar-refractivity contribution is -0.0335. The quantitative estimate of drug-likeness (QED) is 0.850. The van der Waals surface area contributed by atoms with Crippen LogP contribution in [0.15, 0.2) is 0 Å². The number of nitrogens with zero attached hydrogens (tertiary/aromatic N) is 2. The third-order valence-corrected chi connectivity index (χ3v) is 5.77. The number of piperazine rings is 1. The molecule has 2 N–H and O–H groups in total. The molecular weight excluding hydrogens is 234 g/mol. The van der Waals surface area contributed by atoms with Gasteiger partial charge in [0.2, 0.25) is 0 Å². The van der Waals surface area contributed by atoms with E-state index in [1.54, 1.807) is 0 Å².